The van der Waals surface area contributed by atoms with E-state index in [-0.39, 0.29) is 10.6 Å². The van der Waals surface area contributed by atoms with Crippen molar-refractivity contribution in [2.24, 2.45) is 0 Å². The minimum atomic E-state index is -3.59. The first-order valence-electron chi connectivity index (χ1n) is 7.44. The fraction of sp³-hybridized carbons (Fsp3) is 0.294. The third-order valence-corrected chi connectivity index (χ3v) is 5.09. The van der Waals surface area contributed by atoms with Crippen LogP contribution in [0.3, 0.4) is 0 Å². The Hall–Kier alpha value is -1.96. The van der Waals surface area contributed by atoms with Gasteiger partial charge in [0.15, 0.2) is 0 Å². The number of likely N-dealkylation sites (N-methyl/N-ethyl adjacent to an activating group) is 1. The number of aryl methyl sites for hydroxylation is 1. The molecule has 5 nitrogen and oxygen atoms in total. The van der Waals surface area contributed by atoms with E-state index in [1.165, 1.54) is 18.2 Å². The van der Waals surface area contributed by atoms with Crippen molar-refractivity contribution in [2.75, 3.05) is 27.2 Å². The van der Waals surface area contributed by atoms with E-state index in [2.05, 4.69) is 4.72 Å². The molecular weight excluding hydrogens is 331 g/mol. The van der Waals surface area contributed by atoms with Gasteiger partial charge < -0.3 is 10.0 Å². The molecule has 0 saturated heterocycles. The number of nitrogens with zero attached hydrogens (tertiary/aromatic N) is 1. The molecule has 0 aliphatic heterocycles. The van der Waals surface area contributed by atoms with Gasteiger partial charge in [0, 0.05) is 24.7 Å². The third-order valence-electron chi connectivity index (χ3n) is 3.61. The molecule has 0 atom stereocenters. The second-order valence-electron chi connectivity index (χ2n) is 5.84. The molecule has 7 heteroatoms. The molecule has 0 aliphatic rings. The first kappa shape index (κ1) is 18.4. The molecule has 0 fully saturated rings. The zero-order chi connectivity index (χ0) is 17.9. The Kier molecular flexibility index (Phi) is 5.58. The largest absolute Gasteiger partial charge is 0.508 e. The summed E-state index contributed by atoms with van der Waals surface area (Å²) in [4.78, 5) is 2.00. The number of sulfonamides is 1. The van der Waals surface area contributed by atoms with Gasteiger partial charge in [-0.05, 0) is 50.3 Å². The molecule has 0 radical (unpaired) electrons. The quantitative estimate of drug-likeness (QED) is 0.837. The number of halogens is 1. The molecule has 0 spiro atoms. The van der Waals surface area contributed by atoms with E-state index in [9.17, 15) is 17.9 Å². The average Bonchev–Trinajstić information content (AvgIpc) is 2.50. The van der Waals surface area contributed by atoms with Crippen LogP contribution in [0.1, 0.15) is 5.56 Å². The van der Waals surface area contributed by atoms with Crippen molar-refractivity contribution in [2.45, 2.75) is 11.8 Å². The summed E-state index contributed by atoms with van der Waals surface area (Å²) < 4.78 is 40.9. The van der Waals surface area contributed by atoms with E-state index in [1.54, 1.807) is 19.1 Å². The lowest BCUT2D eigenvalue weighted by Gasteiger charge is -2.11. The monoisotopic (exact) mass is 352 g/mol. The Morgan fingerprint density at radius 1 is 1.17 bits per heavy atom. The molecule has 2 N–H and O–H groups in total. The van der Waals surface area contributed by atoms with Gasteiger partial charge in [-0.2, -0.15) is 0 Å². The number of nitrogens with one attached hydrogen (secondary N) is 1. The van der Waals surface area contributed by atoms with Crippen LogP contribution >= 0.6 is 0 Å². The minimum absolute atomic E-state index is 0.111. The predicted molar refractivity (Wildman–Crippen MR) is 92.0 cm³/mol. The number of aromatic hydroxyl groups is 1. The zero-order valence-electron chi connectivity index (χ0n) is 13.9. The first-order chi connectivity index (χ1) is 11.2. The van der Waals surface area contributed by atoms with Gasteiger partial charge in [-0.3, -0.25) is 0 Å². The fourth-order valence-corrected chi connectivity index (χ4v) is 3.21. The highest BCUT2D eigenvalue weighted by Crippen LogP contribution is 2.29. The topological polar surface area (TPSA) is 69.6 Å². The van der Waals surface area contributed by atoms with Crippen molar-refractivity contribution in [3.63, 3.8) is 0 Å². The lowest BCUT2D eigenvalue weighted by molar-refractivity contribution is 0.412. The van der Waals surface area contributed by atoms with E-state index < -0.39 is 15.8 Å². The van der Waals surface area contributed by atoms with Gasteiger partial charge in [-0.1, -0.05) is 12.1 Å². The highest BCUT2D eigenvalue weighted by atomic mass is 32.2. The molecule has 130 valence electrons. The van der Waals surface area contributed by atoms with Crippen molar-refractivity contribution < 1.29 is 17.9 Å². The lowest BCUT2D eigenvalue weighted by Crippen LogP contribution is -2.31. The number of phenolic OH excluding ortho intramolecular Hbond substituents is 1. The predicted octanol–water partition coefficient (Wildman–Crippen LogP) is 2.35. The van der Waals surface area contributed by atoms with E-state index in [1.807, 2.05) is 19.0 Å². The van der Waals surface area contributed by atoms with Crippen molar-refractivity contribution in [3.8, 4) is 16.9 Å². The molecule has 0 aliphatic carbocycles. The van der Waals surface area contributed by atoms with Gasteiger partial charge in [0.2, 0.25) is 10.0 Å². The van der Waals surface area contributed by atoms with Crippen LogP contribution in [-0.4, -0.2) is 45.6 Å². The molecular formula is C17H21FN2O3S. The van der Waals surface area contributed by atoms with Gasteiger partial charge in [0.1, 0.15) is 11.6 Å². The molecule has 0 unspecified atom stereocenters. The second-order valence-corrected chi connectivity index (χ2v) is 7.61. The van der Waals surface area contributed by atoms with Crippen LogP contribution in [0.15, 0.2) is 41.3 Å². The van der Waals surface area contributed by atoms with Crippen LogP contribution in [0.2, 0.25) is 0 Å². The summed E-state index contributed by atoms with van der Waals surface area (Å²) in [6, 6.07) is 8.57. The Morgan fingerprint density at radius 3 is 2.38 bits per heavy atom. The Bertz CT molecular complexity index is 818. The van der Waals surface area contributed by atoms with Gasteiger partial charge in [-0.25, -0.2) is 17.5 Å². The lowest BCUT2D eigenvalue weighted by atomic mass is 10.0. The van der Waals surface area contributed by atoms with Crippen molar-refractivity contribution in [1.82, 2.24) is 9.62 Å². The van der Waals surface area contributed by atoms with Crippen LogP contribution in [0.4, 0.5) is 4.39 Å². The van der Waals surface area contributed by atoms with Gasteiger partial charge in [0.05, 0.1) is 4.90 Å². The van der Waals surface area contributed by atoms with E-state index >= 15 is 0 Å². The maximum Gasteiger partial charge on any atom is 0.240 e. The Labute approximate surface area is 141 Å². The average molecular weight is 352 g/mol. The summed E-state index contributed by atoms with van der Waals surface area (Å²) >= 11 is 0. The zero-order valence-corrected chi connectivity index (χ0v) is 14.7. The smallest absolute Gasteiger partial charge is 0.240 e. The van der Waals surface area contributed by atoms with Crippen molar-refractivity contribution in [1.29, 1.82) is 0 Å². The number of rotatable bonds is 6. The summed E-state index contributed by atoms with van der Waals surface area (Å²) in [5, 5.41) is 9.51. The second kappa shape index (κ2) is 7.29. The number of benzene rings is 2. The molecule has 2 aromatic carbocycles. The highest BCUT2D eigenvalue weighted by Gasteiger charge is 2.15. The van der Waals surface area contributed by atoms with Crippen molar-refractivity contribution >= 4 is 10.0 Å². The maximum absolute atomic E-state index is 14.0. The van der Waals surface area contributed by atoms with Gasteiger partial charge in [-0.15, -0.1) is 0 Å². The third kappa shape index (κ3) is 4.31. The summed E-state index contributed by atoms with van der Waals surface area (Å²) in [5.74, 6) is -0.668. The highest BCUT2D eigenvalue weighted by molar-refractivity contribution is 7.89. The van der Waals surface area contributed by atoms with Crippen LogP contribution < -0.4 is 4.72 Å². The first-order valence-corrected chi connectivity index (χ1v) is 8.93. The molecule has 2 rings (SSSR count). The van der Waals surface area contributed by atoms with Crippen LogP contribution in [0, 0.1) is 12.7 Å². The molecule has 0 heterocycles. The van der Waals surface area contributed by atoms with Crippen LogP contribution in [0.5, 0.6) is 5.75 Å². The normalized spacial score (nSPS) is 11.9. The summed E-state index contributed by atoms with van der Waals surface area (Å²) in [7, 11) is 0.127. The van der Waals surface area contributed by atoms with E-state index in [4.69, 9.17) is 0 Å². The molecule has 24 heavy (non-hydrogen) atoms. The Balaban J connectivity index is 2.23. The minimum Gasteiger partial charge on any atom is -0.508 e. The van der Waals surface area contributed by atoms with Gasteiger partial charge >= 0.3 is 0 Å². The summed E-state index contributed by atoms with van der Waals surface area (Å²) in [6.07, 6.45) is 0. The number of phenols is 1. The Morgan fingerprint density at radius 2 is 1.79 bits per heavy atom. The summed E-state index contributed by atoms with van der Waals surface area (Å²) in [6.45, 7) is 2.57. The molecule has 2 aromatic rings. The van der Waals surface area contributed by atoms with Crippen LogP contribution in [-0.2, 0) is 10.0 Å². The van der Waals surface area contributed by atoms with Crippen molar-refractivity contribution in [3.05, 3.63) is 47.8 Å². The van der Waals surface area contributed by atoms with Gasteiger partial charge in [0.25, 0.3) is 0 Å². The molecule has 0 aromatic heterocycles. The molecule has 0 amide bonds. The van der Waals surface area contributed by atoms with Crippen LogP contribution in [0.25, 0.3) is 11.1 Å². The summed E-state index contributed by atoms with van der Waals surface area (Å²) in [5.41, 5.74) is 1.41. The maximum atomic E-state index is 14.0. The number of hydrogen-bond acceptors (Lipinski definition) is 4. The van der Waals surface area contributed by atoms with E-state index in [0.29, 0.717) is 29.8 Å². The SMILES string of the molecule is Cc1cc(-c2ccc(S(=O)(=O)NCCN(C)C)cc2)c(F)cc1O. The number of hydrogen-bond donors (Lipinski definition) is 2. The fourth-order valence-electron chi connectivity index (χ4n) is 2.19. The molecule has 0 bridgehead atoms. The van der Waals surface area contributed by atoms with E-state index in [0.717, 1.165) is 6.07 Å². The molecule has 0 saturated carbocycles. The standard InChI is InChI=1S/C17H21FN2O3S/c1-12-10-15(16(18)11-17(12)21)13-4-6-14(7-5-13)24(22,23)19-8-9-20(2)3/h4-7,10-11,19,21H,8-9H2,1-3H3.